The number of hydrogen-bond acceptors (Lipinski definition) is 4. The minimum absolute atomic E-state index is 0.127. The maximum atomic E-state index is 7.39. The molecular formula is C15H17ClN4O. The number of halogens is 1. The molecule has 0 saturated carbocycles. The van der Waals surface area contributed by atoms with E-state index in [0.717, 1.165) is 11.1 Å². The van der Waals surface area contributed by atoms with Crippen molar-refractivity contribution in [1.29, 1.82) is 5.41 Å². The molecule has 1 aromatic carbocycles. The molecule has 0 aliphatic heterocycles. The van der Waals surface area contributed by atoms with Crippen LogP contribution in [0.2, 0.25) is 5.02 Å². The first-order chi connectivity index (χ1) is 9.88. The first kappa shape index (κ1) is 15.3. The van der Waals surface area contributed by atoms with Gasteiger partial charge in [0, 0.05) is 11.2 Å². The Morgan fingerprint density at radius 3 is 2.71 bits per heavy atom. The van der Waals surface area contributed by atoms with Crippen LogP contribution >= 0.6 is 11.6 Å². The Kier molecular flexibility index (Phi) is 4.43. The molecule has 6 heteroatoms. The summed E-state index contributed by atoms with van der Waals surface area (Å²) in [5.41, 5.74) is 7.63. The lowest BCUT2D eigenvalue weighted by molar-refractivity contribution is 0.437. The fourth-order valence-corrected chi connectivity index (χ4v) is 2.30. The van der Waals surface area contributed by atoms with E-state index in [1.807, 2.05) is 19.1 Å². The molecule has 0 unspecified atom stereocenters. The normalized spacial score (nSPS) is 10.7. The molecule has 1 heterocycles. The summed E-state index contributed by atoms with van der Waals surface area (Å²) >= 11 is 6.23. The second-order valence-electron chi connectivity index (χ2n) is 5.03. The van der Waals surface area contributed by atoms with Crippen molar-refractivity contribution in [3.8, 4) is 11.8 Å². The molecule has 0 bridgehead atoms. The number of rotatable bonds is 4. The summed E-state index contributed by atoms with van der Waals surface area (Å²) in [5.74, 6) is 0.798. The summed E-state index contributed by atoms with van der Waals surface area (Å²) in [6.07, 6.45) is 1.51. The van der Waals surface area contributed by atoms with Crippen LogP contribution in [-0.4, -0.2) is 15.8 Å². The average Bonchev–Trinajstić information content (AvgIpc) is 2.41. The van der Waals surface area contributed by atoms with Crippen LogP contribution in [-0.2, 0) is 0 Å². The van der Waals surface area contributed by atoms with E-state index in [4.69, 9.17) is 27.5 Å². The molecule has 0 spiro atoms. The van der Waals surface area contributed by atoms with E-state index in [2.05, 4.69) is 23.8 Å². The number of hydrogen-bond donors (Lipinski definition) is 2. The smallest absolute Gasteiger partial charge is 0.322 e. The monoisotopic (exact) mass is 304 g/mol. The van der Waals surface area contributed by atoms with Crippen LogP contribution in [0.3, 0.4) is 0 Å². The van der Waals surface area contributed by atoms with Crippen LogP contribution in [0.15, 0.2) is 24.4 Å². The Bertz CT molecular complexity index is 685. The lowest BCUT2D eigenvalue weighted by atomic mass is 10.0. The zero-order valence-corrected chi connectivity index (χ0v) is 12.9. The number of nitrogen functional groups attached to an aromatic ring is 1. The molecule has 5 nitrogen and oxygen atoms in total. The van der Waals surface area contributed by atoms with Gasteiger partial charge in [-0.2, -0.15) is 4.98 Å². The van der Waals surface area contributed by atoms with Gasteiger partial charge in [0.1, 0.15) is 17.3 Å². The van der Waals surface area contributed by atoms with Gasteiger partial charge in [-0.05, 0) is 42.2 Å². The predicted octanol–water partition coefficient (Wildman–Crippen LogP) is 3.64. The van der Waals surface area contributed by atoms with Gasteiger partial charge in [-0.15, -0.1) is 0 Å². The van der Waals surface area contributed by atoms with Crippen LogP contribution in [0.1, 0.15) is 36.6 Å². The number of nitrogens with zero attached hydrogens (tertiary/aromatic N) is 2. The number of nitrogens with one attached hydrogen (secondary N) is 1. The van der Waals surface area contributed by atoms with E-state index in [1.165, 1.54) is 6.20 Å². The third-order valence-electron chi connectivity index (χ3n) is 3.03. The number of nitrogens with two attached hydrogens (primary N) is 1. The zero-order chi connectivity index (χ0) is 15.6. The summed E-state index contributed by atoms with van der Waals surface area (Å²) in [4.78, 5) is 8.13. The Morgan fingerprint density at radius 2 is 2.10 bits per heavy atom. The lowest BCUT2D eigenvalue weighted by Crippen LogP contribution is -2.13. The van der Waals surface area contributed by atoms with Gasteiger partial charge in [-0.25, -0.2) is 4.98 Å². The lowest BCUT2D eigenvalue weighted by Gasteiger charge is -2.13. The maximum absolute atomic E-state index is 7.39. The number of amidine groups is 1. The van der Waals surface area contributed by atoms with E-state index < -0.39 is 0 Å². The van der Waals surface area contributed by atoms with Crippen molar-refractivity contribution in [2.24, 2.45) is 5.73 Å². The van der Waals surface area contributed by atoms with Crippen molar-refractivity contribution in [2.45, 2.75) is 26.7 Å². The van der Waals surface area contributed by atoms with Gasteiger partial charge < -0.3 is 10.5 Å². The predicted molar refractivity (Wildman–Crippen MR) is 83.4 cm³/mol. The molecule has 0 fully saturated rings. The van der Waals surface area contributed by atoms with Crippen molar-refractivity contribution >= 4 is 17.4 Å². The minimum atomic E-state index is -0.127. The molecule has 0 amide bonds. The van der Waals surface area contributed by atoms with E-state index in [9.17, 15) is 0 Å². The highest BCUT2D eigenvalue weighted by Crippen LogP contribution is 2.32. The Labute approximate surface area is 128 Å². The van der Waals surface area contributed by atoms with Gasteiger partial charge in [0.15, 0.2) is 0 Å². The summed E-state index contributed by atoms with van der Waals surface area (Å²) in [5, 5.41) is 8.10. The van der Waals surface area contributed by atoms with Crippen molar-refractivity contribution in [1.82, 2.24) is 9.97 Å². The molecular weight excluding hydrogens is 288 g/mol. The first-order valence-corrected chi connectivity index (χ1v) is 6.91. The van der Waals surface area contributed by atoms with Crippen LogP contribution < -0.4 is 10.5 Å². The number of aryl methyl sites for hydroxylation is 1. The second kappa shape index (κ2) is 6.10. The molecule has 0 aliphatic carbocycles. The zero-order valence-electron chi connectivity index (χ0n) is 12.1. The minimum Gasteiger partial charge on any atom is -0.424 e. The van der Waals surface area contributed by atoms with E-state index in [1.54, 1.807) is 6.07 Å². The SMILES string of the molecule is Cc1cc(Cl)c(C(C)C)cc1Oc1nccc(C(=N)N)n1. The molecule has 110 valence electrons. The van der Waals surface area contributed by atoms with Crippen molar-refractivity contribution in [3.05, 3.63) is 46.2 Å². The van der Waals surface area contributed by atoms with Gasteiger partial charge in [-0.3, -0.25) is 5.41 Å². The molecule has 21 heavy (non-hydrogen) atoms. The van der Waals surface area contributed by atoms with Crippen molar-refractivity contribution in [2.75, 3.05) is 0 Å². The Hall–Kier alpha value is -2.14. The standard InChI is InChI=1S/C15H17ClN4O/c1-8(2)10-7-13(9(3)6-11(10)16)21-15-19-5-4-12(20-15)14(17)18/h4-8H,1-3H3,(H3,17,18). The van der Waals surface area contributed by atoms with Gasteiger partial charge in [0.05, 0.1) is 0 Å². The molecule has 2 aromatic rings. The fraction of sp³-hybridized carbons (Fsp3) is 0.267. The largest absolute Gasteiger partial charge is 0.424 e. The molecule has 0 radical (unpaired) electrons. The Morgan fingerprint density at radius 1 is 1.38 bits per heavy atom. The van der Waals surface area contributed by atoms with Crippen molar-refractivity contribution in [3.63, 3.8) is 0 Å². The fourth-order valence-electron chi connectivity index (χ4n) is 1.86. The van der Waals surface area contributed by atoms with E-state index in [-0.39, 0.29) is 17.8 Å². The number of aromatic nitrogens is 2. The van der Waals surface area contributed by atoms with Crippen molar-refractivity contribution < 1.29 is 4.74 Å². The highest BCUT2D eigenvalue weighted by molar-refractivity contribution is 6.31. The summed E-state index contributed by atoms with van der Waals surface area (Å²) < 4.78 is 5.71. The van der Waals surface area contributed by atoms with Gasteiger partial charge in [0.2, 0.25) is 0 Å². The van der Waals surface area contributed by atoms with Crippen LogP contribution in [0.25, 0.3) is 0 Å². The molecule has 2 rings (SSSR count). The third kappa shape index (κ3) is 3.49. The summed E-state index contributed by atoms with van der Waals surface area (Å²) in [7, 11) is 0. The van der Waals surface area contributed by atoms with E-state index in [0.29, 0.717) is 16.5 Å². The topological polar surface area (TPSA) is 84.9 Å². The number of ether oxygens (including phenoxy) is 1. The molecule has 1 aromatic heterocycles. The van der Waals surface area contributed by atoms with Crippen LogP contribution in [0.4, 0.5) is 0 Å². The van der Waals surface area contributed by atoms with E-state index >= 15 is 0 Å². The summed E-state index contributed by atoms with van der Waals surface area (Å²) in [6.45, 7) is 6.03. The second-order valence-corrected chi connectivity index (χ2v) is 5.44. The first-order valence-electron chi connectivity index (χ1n) is 6.54. The maximum Gasteiger partial charge on any atom is 0.322 e. The summed E-state index contributed by atoms with van der Waals surface area (Å²) in [6, 6.07) is 5.47. The quantitative estimate of drug-likeness (QED) is 0.667. The Balaban J connectivity index is 2.37. The highest BCUT2D eigenvalue weighted by Gasteiger charge is 2.12. The van der Waals surface area contributed by atoms with Crippen LogP contribution in [0, 0.1) is 12.3 Å². The average molecular weight is 305 g/mol. The van der Waals surface area contributed by atoms with Crippen LogP contribution in [0.5, 0.6) is 11.8 Å². The highest BCUT2D eigenvalue weighted by atomic mass is 35.5. The third-order valence-corrected chi connectivity index (χ3v) is 3.35. The molecule has 0 aliphatic rings. The van der Waals surface area contributed by atoms with Gasteiger partial charge in [0.25, 0.3) is 0 Å². The van der Waals surface area contributed by atoms with Gasteiger partial charge >= 0.3 is 6.01 Å². The molecule has 0 saturated heterocycles. The van der Waals surface area contributed by atoms with Gasteiger partial charge in [-0.1, -0.05) is 25.4 Å². The molecule has 3 N–H and O–H groups in total. The number of benzene rings is 1. The molecule has 0 atom stereocenters.